The number of nitrogens with one attached hydrogen (secondary N) is 1. The molecule has 21 heavy (non-hydrogen) atoms. The lowest BCUT2D eigenvalue weighted by molar-refractivity contribution is -0.386. The van der Waals surface area contributed by atoms with Gasteiger partial charge >= 0.3 is 0 Å². The van der Waals surface area contributed by atoms with Gasteiger partial charge in [-0.3, -0.25) is 4.79 Å². The summed E-state index contributed by atoms with van der Waals surface area (Å²) in [6.07, 6.45) is 1.44. The van der Waals surface area contributed by atoms with Gasteiger partial charge < -0.3 is 11.1 Å². The van der Waals surface area contributed by atoms with Crippen molar-refractivity contribution in [3.05, 3.63) is 71.3 Å². The van der Waals surface area contributed by atoms with Crippen molar-refractivity contribution in [2.45, 2.75) is 24.8 Å². The van der Waals surface area contributed by atoms with E-state index in [1.54, 1.807) is 0 Å². The molecule has 2 aromatic carbocycles. The largest absolute Gasteiger partial charge is 0.355 e. The number of carbonyl (C=O) groups is 1. The quantitative estimate of drug-likeness (QED) is 0.875. The summed E-state index contributed by atoms with van der Waals surface area (Å²) in [4.78, 5) is 11.9. The van der Waals surface area contributed by atoms with Crippen LogP contribution in [0.3, 0.4) is 0 Å². The van der Waals surface area contributed by atoms with Gasteiger partial charge in [-0.15, -0.1) is 0 Å². The Kier molecular flexibility index (Phi) is 3.76. The Morgan fingerprint density at radius 2 is 1.81 bits per heavy atom. The van der Waals surface area contributed by atoms with Crippen LogP contribution in [0.15, 0.2) is 54.6 Å². The topological polar surface area (TPSA) is 56.7 Å². The minimum absolute atomic E-state index is 0.135. The lowest BCUT2D eigenvalue weighted by Gasteiger charge is -2.28. The van der Waals surface area contributed by atoms with Crippen molar-refractivity contribution >= 4 is 5.91 Å². The smallest absolute Gasteiger partial charge is 0.221 e. The molecule has 0 saturated carbocycles. The molecule has 1 atom stereocenters. The third-order valence-corrected chi connectivity index (χ3v) is 4.34. The van der Waals surface area contributed by atoms with E-state index >= 15 is 0 Å². The zero-order valence-electron chi connectivity index (χ0n) is 12.1. The van der Waals surface area contributed by atoms with Gasteiger partial charge in [0.2, 0.25) is 5.91 Å². The summed E-state index contributed by atoms with van der Waals surface area (Å²) in [6, 6.07) is 18.9. The van der Waals surface area contributed by atoms with Crippen molar-refractivity contribution in [2.24, 2.45) is 0 Å². The molecule has 3 rings (SSSR count). The number of carbonyl (C=O) groups excluding carboxylic acids is 1. The van der Waals surface area contributed by atoms with Gasteiger partial charge in [0.1, 0.15) is 0 Å². The molecule has 108 valence electrons. The summed E-state index contributed by atoms with van der Waals surface area (Å²) in [5.74, 6) is 0.144. The molecule has 3 nitrogen and oxygen atoms in total. The SMILES string of the molecule is [NH3+]Cc1cccc(C2(Cc3ccccc3)CNC(=O)C2)c1. The van der Waals surface area contributed by atoms with Crippen molar-refractivity contribution < 1.29 is 10.5 Å². The first-order valence-electron chi connectivity index (χ1n) is 7.41. The van der Waals surface area contributed by atoms with E-state index < -0.39 is 0 Å². The van der Waals surface area contributed by atoms with Crippen LogP contribution in [-0.4, -0.2) is 12.5 Å². The van der Waals surface area contributed by atoms with E-state index in [1.165, 1.54) is 16.7 Å². The number of hydrogen-bond donors (Lipinski definition) is 2. The lowest BCUT2D eigenvalue weighted by atomic mass is 9.74. The van der Waals surface area contributed by atoms with Gasteiger partial charge in [0.15, 0.2) is 0 Å². The van der Waals surface area contributed by atoms with Crippen molar-refractivity contribution in [3.63, 3.8) is 0 Å². The van der Waals surface area contributed by atoms with Crippen LogP contribution in [0.2, 0.25) is 0 Å². The zero-order valence-corrected chi connectivity index (χ0v) is 12.1. The van der Waals surface area contributed by atoms with Gasteiger partial charge in [0.25, 0.3) is 0 Å². The number of amides is 1. The van der Waals surface area contributed by atoms with Gasteiger partial charge in [0.05, 0.1) is 6.54 Å². The third-order valence-electron chi connectivity index (χ3n) is 4.34. The Balaban J connectivity index is 1.99. The van der Waals surface area contributed by atoms with Crippen LogP contribution in [0.25, 0.3) is 0 Å². The Morgan fingerprint density at radius 1 is 1.05 bits per heavy atom. The molecule has 0 radical (unpaired) electrons. The molecular weight excluding hydrogens is 260 g/mol. The van der Waals surface area contributed by atoms with Crippen molar-refractivity contribution in [3.8, 4) is 0 Å². The monoisotopic (exact) mass is 281 g/mol. The first-order valence-corrected chi connectivity index (χ1v) is 7.41. The Bertz CT molecular complexity index is 639. The van der Waals surface area contributed by atoms with E-state index in [1.807, 2.05) is 6.07 Å². The average molecular weight is 281 g/mol. The summed E-state index contributed by atoms with van der Waals surface area (Å²) in [5, 5.41) is 3.01. The molecule has 0 spiro atoms. The van der Waals surface area contributed by atoms with Crippen molar-refractivity contribution in [1.82, 2.24) is 5.32 Å². The predicted molar refractivity (Wildman–Crippen MR) is 82.5 cm³/mol. The van der Waals surface area contributed by atoms with E-state index in [2.05, 4.69) is 59.6 Å². The fourth-order valence-corrected chi connectivity index (χ4v) is 3.17. The van der Waals surface area contributed by atoms with Crippen LogP contribution in [-0.2, 0) is 23.2 Å². The molecule has 1 unspecified atom stereocenters. The van der Waals surface area contributed by atoms with E-state index in [0.29, 0.717) is 13.0 Å². The van der Waals surface area contributed by atoms with Crippen LogP contribution in [0.5, 0.6) is 0 Å². The highest BCUT2D eigenvalue weighted by Crippen LogP contribution is 2.35. The van der Waals surface area contributed by atoms with Crippen LogP contribution < -0.4 is 11.1 Å². The highest BCUT2D eigenvalue weighted by molar-refractivity contribution is 5.80. The molecule has 1 heterocycles. The molecule has 0 bridgehead atoms. The van der Waals surface area contributed by atoms with Crippen LogP contribution in [0.1, 0.15) is 23.1 Å². The number of hydrogen-bond acceptors (Lipinski definition) is 1. The molecule has 1 fully saturated rings. The lowest BCUT2D eigenvalue weighted by Crippen LogP contribution is -2.47. The second kappa shape index (κ2) is 5.70. The van der Waals surface area contributed by atoms with Gasteiger partial charge in [-0.1, -0.05) is 48.5 Å². The molecule has 2 aromatic rings. The summed E-state index contributed by atoms with van der Waals surface area (Å²) in [6.45, 7) is 1.48. The van der Waals surface area contributed by atoms with E-state index in [9.17, 15) is 4.79 Å². The van der Waals surface area contributed by atoms with Gasteiger partial charge in [-0.05, 0) is 23.6 Å². The fourth-order valence-electron chi connectivity index (χ4n) is 3.17. The number of rotatable bonds is 4. The first kappa shape index (κ1) is 13.8. The minimum atomic E-state index is -0.135. The van der Waals surface area contributed by atoms with Gasteiger partial charge in [-0.25, -0.2) is 0 Å². The van der Waals surface area contributed by atoms with Crippen molar-refractivity contribution in [1.29, 1.82) is 0 Å². The Labute approximate surface area is 125 Å². The van der Waals surface area contributed by atoms with Crippen LogP contribution in [0, 0.1) is 0 Å². The highest BCUT2D eigenvalue weighted by atomic mass is 16.1. The molecule has 0 aromatic heterocycles. The van der Waals surface area contributed by atoms with Gasteiger partial charge in [0, 0.05) is 23.9 Å². The molecule has 4 N–H and O–H groups in total. The molecule has 3 heteroatoms. The summed E-state index contributed by atoms with van der Waals surface area (Å²) >= 11 is 0. The van der Waals surface area contributed by atoms with E-state index in [4.69, 9.17) is 0 Å². The maximum absolute atomic E-state index is 11.9. The van der Waals surface area contributed by atoms with Gasteiger partial charge in [-0.2, -0.15) is 0 Å². The molecule has 1 saturated heterocycles. The zero-order chi connectivity index (χ0) is 14.7. The Morgan fingerprint density at radius 3 is 2.48 bits per heavy atom. The predicted octanol–water partition coefficient (Wildman–Crippen LogP) is 1.43. The third kappa shape index (κ3) is 2.83. The highest BCUT2D eigenvalue weighted by Gasteiger charge is 2.40. The fraction of sp³-hybridized carbons (Fsp3) is 0.278. The Hall–Kier alpha value is -2.13. The first-order chi connectivity index (χ1) is 10.2. The average Bonchev–Trinajstić information content (AvgIpc) is 2.90. The molecule has 1 aliphatic heterocycles. The molecule has 0 aliphatic carbocycles. The van der Waals surface area contributed by atoms with Crippen LogP contribution in [0.4, 0.5) is 0 Å². The van der Waals surface area contributed by atoms with E-state index in [-0.39, 0.29) is 11.3 Å². The molecular formula is C18H21N2O+. The summed E-state index contributed by atoms with van der Waals surface area (Å²) in [5.41, 5.74) is 7.56. The van der Waals surface area contributed by atoms with Crippen molar-refractivity contribution in [2.75, 3.05) is 6.54 Å². The maximum Gasteiger partial charge on any atom is 0.221 e. The van der Waals surface area contributed by atoms with E-state index in [0.717, 1.165) is 13.0 Å². The summed E-state index contributed by atoms with van der Waals surface area (Å²) in [7, 11) is 0. The maximum atomic E-state index is 11.9. The minimum Gasteiger partial charge on any atom is -0.355 e. The molecule has 1 aliphatic rings. The normalized spacial score (nSPS) is 21.3. The molecule has 1 amide bonds. The number of quaternary nitrogens is 1. The standard InChI is InChI=1S/C18H20N2O/c19-12-15-7-4-8-16(9-15)18(11-17(21)20-13-18)10-14-5-2-1-3-6-14/h1-9H,10-13,19H2,(H,20,21)/p+1. The summed E-state index contributed by atoms with van der Waals surface area (Å²) < 4.78 is 0. The second-order valence-corrected chi connectivity index (χ2v) is 5.85. The van der Waals surface area contributed by atoms with Crippen LogP contribution >= 0.6 is 0 Å². The number of benzene rings is 2. The second-order valence-electron chi connectivity index (χ2n) is 5.85.